The maximum atomic E-state index is 11.5. The zero-order valence-corrected chi connectivity index (χ0v) is 6.29. The zero-order chi connectivity index (χ0) is 9.28. The van der Waals surface area contributed by atoms with E-state index in [1.807, 2.05) is 0 Å². The van der Waals surface area contributed by atoms with Crippen LogP contribution in [0.1, 0.15) is 6.92 Å². The first-order chi connectivity index (χ1) is 4.67. The summed E-state index contributed by atoms with van der Waals surface area (Å²) < 4.78 is 54.6. The number of alkyl halides is 3. The molecule has 0 radical (unpaired) electrons. The molecule has 3 nitrogen and oxygen atoms in total. The SMILES string of the molecule is CC(=O)CS(=O)(=O)C(F)(F)F. The van der Waals surface area contributed by atoms with E-state index in [2.05, 4.69) is 0 Å². The van der Waals surface area contributed by atoms with Crippen molar-refractivity contribution in [1.82, 2.24) is 0 Å². The molecule has 0 aromatic rings. The molecule has 0 bridgehead atoms. The highest BCUT2D eigenvalue weighted by molar-refractivity contribution is 7.92. The fourth-order valence-corrected chi connectivity index (χ4v) is 1.05. The Morgan fingerprint density at radius 1 is 1.36 bits per heavy atom. The lowest BCUT2D eigenvalue weighted by atomic mass is 10.5. The number of sulfone groups is 1. The van der Waals surface area contributed by atoms with Gasteiger partial charge in [-0.2, -0.15) is 13.2 Å². The molecule has 0 fully saturated rings. The quantitative estimate of drug-likeness (QED) is 0.637. The van der Waals surface area contributed by atoms with E-state index in [0.29, 0.717) is 0 Å². The van der Waals surface area contributed by atoms with Crippen molar-refractivity contribution >= 4 is 15.6 Å². The Hall–Kier alpha value is -0.590. The molecule has 0 atom stereocenters. The Balaban J connectivity index is 4.64. The van der Waals surface area contributed by atoms with Crippen LogP contribution < -0.4 is 0 Å². The lowest BCUT2D eigenvalue weighted by molar-refractivity contribution is -0.115. The maximum Gasteiger partial charge on any atom is 0.497 e. The second-order valence-electron chi connectivity index (χ2n) is 1.91. The molecule has 0 aromatic heterocycles. The minimum atomic E-state index is -5.32. The minimum Gasteiger partial charge on any atom is -0.299 e. The van der Waals surface area contributed by atoms with E-state index in [1.54, 1.807) is 0 Å². The van der Waals surface area contributed by atoms with Crippen molar-refractivity contribution in [2.24, 2.45) is 0 Å². The van der Waals surface area contributed by atoms with E-state index in [4.69, 9.17) is 0 Å². The Morgan fingerprint density at radius 3 is 1.82 bits per heavy atom. The second kappa shape index (κ2) is 2.80. The van der Waals surface area contributed by atoms with Crippen LogP contribution in [0.2, 0.25) is 0 Å². The molecule has 66 valence electrons. The predicted octanol–water partition coefficient (Wildman–Crippen LogP) is 0.510. The summed E-state index contributed by atoms with van der Waals surface area (Å²) in [6, 6.07) is 0. The van der Waals surface area contributed by atoms with Crippen molar-refractivity contribution < 1.29 is 26.4 Å². The van der Waals surface area contributed by atoms with Crippen molar-refractivity contribution in [3.8, 4) is 0 Å². The fraction of sp³-hybridized carbons (Fsp3) is 0.750. The molecular formula is C4H5F3O3S. The van der Waals surface area contributed by atoms with Gasteiger partial charge in [0.25, 0.3) is 9.84 Å². The van der Waals surface area contributed by atoms with Crippen molar-refractivity contribution in [3.05, 3.63) is 0 Å². The number of carbonyl (C=O) groups excluding carboxylic acids is 1. The van der Waals surface area contributed by atoms with Crippen LogP contribution in [-0.4, -0.2) is 25.5 Å². The minimum absolute atomic E-state index is 0.781. The Kier molecular flexibility index (Phi) is 2.65. The molecule has 0 aliphatic heterocycles. The summed E-state index contributed by atoms with van der Waals surface area (Å²) >= 11 is 0. The zero-order valence-electron chi connectivity index (χ0n) is 5.47. The van der Waals surface area contributed by atoms with Crippen molar-refractivity contribution in [2.75, 3.05) is 5.75 Å². The summed E-state index contributed by atoms with van der Waals surface area (Å²) in [6.45, 7) is 0.781. The van der Waals surface area contributed by atoms with Crippen molar-refractivity contribution in [2.45, 2.75) is 12.4 Å². The summed E-state index contributed by atoms with van der Waals surface area (Å²) in [4.78, 5) is 10.0. The molecule has 0 heterocycles. The van der Waals surface area contributed by atoms with Gasteiger partial charge in [0.15, 0.2) is 0 Å². The van der Waals surface area contributed by atoms with Crippen LogP contribution in [0.25, 0.3) is 0 Å². The Morgan fingerprint density at radius 2 is 1.73 bits per heavy atom. The van der Waals surface area contributed by atoms with Gasteiger partial charge in [-0.25, -0.2) is 8.42 Å². The number of rotatable bonds is 2. The smallest absolute Gasteiger partial charge is 0.299 e. The molecule has 0 spiro atoms. The van der Waals surface area contributed by atoms with E-state index >= 15 is 0 Å². The number of ketones is 1. The lowest BCUT2D eigenvalue weighted by Gasteiger charge is -2.04. The summed E-state index contributed by atoms with van der Waals surface area (Å²) in [5, 5.41) is 0. The lowest BCUT2D eigenvalue weighted by Crippen LogP contribution is -2.28. The van der Waals surface area contributed by atoms with E-state index in [9.17, 15) is 26.4 Å². The third kappa shape index (κ3) is 2.87. The third-order valence-corrected chi connectivity index (χ3v) is 2.24. The highest BCUT2D eigenvalue weighted by Gasteiger charge is 2.45. The third-order valence-electron chi connectivity index (χ3n) is 0.746. The second-order valence-corrected chi connectivity index (χ2v) is 3.89. The summed E-state index contributed by atoms with van der Waals surface area (Å²) in [5.74, 6) is -2.50. The summed E-state index contributed by atoms with van der Waals surface area (Å²) in [6.07, 6.45) is 0. The van der Waals surface area contributed by atoms with E-state index in [-0.39, 0.29) is 0 Å². The maximum absolute atomic E-state index is 11.5. The van der Waals surface area contributed by atoms with Gasteiger partial charge in [0.1, 0.15) is 11.5 Å². The molecule has 0 amide bonds. The van der Waals surface area contributed by atoms with E-state index < -0.39 is 26.9 Å². The summed E-state index contributed by atoms with van der Waals surface area (Å²) in [5.41, 5.74) is -5.32. The molecule has 0 rings (SSSR count). The number of hydrogen-bond acceptors (Lipinski definition) is 3. The van der Waals surface area contributed by atoms with Crippen LogP contribution in [-0.2, 0) is 14.6 Å². The number of hydrogen-bond donors (Lipinski definition) is 0. The Bertz CT molecular complexity index is 250. The number of halogens is 3. The first-order valence-corrected chi connectivity index (χ1v) is 4.10. The monoisotopic (exact) mass is 190 g/mol. The molecule has 0 N–H and O–H groups in total. The van der Waals surface area contributed by atoms with Crippen molar-refractivity contribution in [3.63, 3.8) is 0 Å². The van der Waals surface area contributed by atoms with Gasteiger partial charge in [0, 0.05) is 0 Å². The van der Waals surface area contributed by atoms with Gasteiger partial charge in [-0.15, -0.1) is 0 Å². The molecule has 11 heavy (non-hydrogen) atoms. The summed E-state index contributed by atoms with van der Waals surface area (Å²) in [7, 11) is -5.25. The topological polar surface area (TPSA) is 51.2 Å². The fourth-order valence-electron chi connectivity index (χ4n) is 0.349. The first kappa shape index (κ1) is 10.4. The number of carbonyl (C=O) groups is 1. The van der Waals surface area contributed by atoms with Gasteiger partial charge in [-0.1, -0.05) is 0 Å². The molecule has 0 saturated heterocycles. The van der Waals surface area contributed by atoms with E-state index in [0.717, 1.165) is 6.92 Å². The van der Waals surface area contributed by atoms with Crippen LogP contribution in [0.4, 0.5) is 13.2 Å². The normalized spacial score (nSPS) is 13.1. The molecule has 0 aliphatic rings. The molecular weight excluding hydrogens is 185 g/mol. The molecule has 0 aromatic carbocycles. The van der Waals surface area contributed by atoms with Gasteiger partial charge in [0.05, 0.1) is 0 Å². The van der Waals surface area contributed by atoms with Crippen LogP contribution in [0.5, 0.6) is 0 Å². The number of Topliss-reactive ketones (excluding diaryl/α,β-unsaturated/α-hetero) is 1. The van der Waals surface area contributed by atoms with Crippen LogP contribution in [0.15, 0.2) is 0 Å². The van der Waals surface area contributed by atoms with Crippen LogP contribution in [0.3, 0.4) is 0 Å². The van der Waals surface area contributed by atoms with Gasteiger partial charge < -0.3 is 0 Å². The van der Waals surface area contributed by atoms with Crippen molar-refractivity contribution in [1.29, 1.82) is 0 Å². The highest BCUT2D eigenvalue weighted by atomic mass is 32.2. The molecule has 7 heteroatoms. The molecule has 0 aliphatic carbocycles. The van der Waals surface area contributed by atoms with Gasteiger partial charge in [-0.3, -0.25) is 4.79 Å². The molecule has 0 saturated carbocycles. The average Bonchev–Trinajstić information content (AvgIpc) is 1.56. The van der Waals surface area contributed by atoms with Gasteiger partial charge >= 0.3 is 5.51 Å². The van der Waals surface area contributed by atoms with Crippen LogP contribution in [0, 0.1) is 0 Å². The Labute approximate surface area is 61.1 Å². The predicted molar refractivity (Wildman–Crippen MR) is 30.5 cm³/mol. The highest BCUT2D eigenvalue weighted by Crippen LogP contribution is 2.23. The van der Waals surface area contributed by atoms with Gasteiger partial charge in [-0.05, 0) is 6.92 Å². The average molecular weight is 190 g/mol. The van der Waals surface area contributed by atoms with E-state index in [1.165, 1.54) is 0 Å². The first-order valence-electron chi connectivity index (χ1n) is 2.45. The largest absolute Gasteiger partial charge is 0.497 e. The van der Waals surface area contributed by atoms with Crippen LogP contribution >= 0.6 is 0 Å². The standard InChI is InChI=1S/C4H5F3O3S/c1-3(8)2-11(9,10)4(5,6)7/h2H2,1H3. The molecule has 0 unspecified atom stereocenters. The van der Waals surface area contributed by atoms with Gasteiger partial charge in [0.2, 0.25) is 0 Å².